The fraction of sp³-hybridized carbons (Fsp3) is 0.458. The van der Waals surface area contributed by atoms with Gasteiger partial charge in [0.05, 0.1) is 17.2 Å². The molecule has 0 aliphatic carbocycles. The van der Waals surface area contributed by atoms with E-state index in [1.165, 1.54) is 0 Å². The molecule has 1 N–H and O–H groups in total. The molecule has 3 aliphatic heterocycles. The summed E-state index contributed by atoms with van der Waals surface area (Å²) in [5.41, 5.74) is 1.90. The van der Waals surface area contributed by atoms with Gasteiger partial charge in [0.2, 0.25) is 6.79 Å². The largest absolute Gasteiger partial charge is 0.494 e. The van der Waals surface area contributed by atoms with Crippen molar-refractivity contribution in [1.29, 1.82) is 0 Å². The SMILES string of the molecule is CCOc1ccc(Cc2cc(C(=O)[C@@H]3O[C@H]4OC(C)(C)O[C@H]4[C@@H]3O)c3c(c2Cl)OCO3)cc1. The van der Waals surface area contributed by atoms with Crippen LogP contribution in [0.15, 0.2) is 30.3 Å². The molecule has 176 valence electrons. The lowest BCUT2D eigenvalue weighted by Gasteiger charge is -2.23. The highest BCUT2D eigenvalue weighted by Crippen LogP contribution is 2.46. The number of ketones is 1. The van der Waals surface area contributed by atoms with Gasteiger partial charge in [-0.05, 0) is 56.5 Å². The molecule has 3 aliphatic rings. The van der Waals surface area contributed by atoms with Gasteiger partial charge < -0.3 is 33.5 Å². The molecule has 0 radical (unpaired) electrons. The Hall–Kier alpha value is -2.36. The van der Waals surface area contributed by atoms with E-state index < -0.39 is 36.2 Å². The highest BCUT2D eigenvalue weighted by atomic mass is 35.5. The molecule has 4 atom stereocenters. The topological polar surface area (TPSA) is 92.7 Å². The van der Waals surface area contributed by atoms with Gasteiger partial charge in [-0.2, -0.15) is 0 Å². The average Bonchev–Trinajstić information content (AvgIpc) is 3.46. The number of rotatable bonds is 6. The summed E-state index contributed by atoms with van der Waals surface area (Å²) in [6, 6.07) is 9.32. The van der Waals surface area contributed by atoms with E-state index in [1.807, 2.05) is 31.2 Å². The van der Waals surface area contributed by atoms with Crippen molar-refractivity contribution in [2.75, 3.05) is 13.4 Å². The van der Waals surface area contributed by atoms with Crippen LogP contribution < -0.4 is 14.2 Å². The Balaban J connectivity index is 1.43. The molecule has 3 heterocycles. The molecule has 2 aromatic rings. The van der Waals surface area contributed by atoms with Gasteiger partial charge in [-0.3, -0.25) is 4.79 Å². The highest BCUT2D eigenvalue weighted by molar-refractivity contribution is 6.33. The van der Waals surface area contributed by atoms with E-state index in [9.17, 15) is 9.90 Å². The second kappa shape index (κ2) is 8.45. The average molecular weight is 477 g/mol. The standard InChI is InChI=1S/C24H25ClO8/c1-4-28-14-7-5-12(6-8-14)9-13-10-15(19-20(16(13)25)30-11-29-19)17(26)21-18(27)22-23(31-21)33-24(2,3)32-22/h5-8,10,18,21-23,27H,4,9,11H2,1-3H3/t18-,21+,22+,23+/m1/s1. The number of halogens is 1. The number of aliphatic hydroxyl groups is 1. The number of aliphatic hydroxyl groups excluding tert-OH is 1. The van der Waals surface area contributed by atoms with Crippen molar-refractivity contribution in [3.8, 4) is 17.2 Å². The van der Waals surface area contributed by atoms with Crippen molar-refractivity contribution >= 4 is 17.4 Å². The van der Waals surface area contributed by atoms with E-state index in [0.29, 0.717) is 29.4 Å². The zero-order valence-electron chi connectivity index (χ0n) is 18.5. The van der Waals surface area contributed by atoms with Crippen LogP contribution in [0.2, 0.25) is 5.02 Å². The first-order valence-corrected chi connectivity index (χ1v) is 11.2. The molecule has 0 amide bonds. The van der Waals surface area contributed by atoms with E-state index in [1.54, 1.807) is 19.9 Å². The zero-order valence-corrected chi connectivity index (χ0v) is 19.3. The minimum Gasteiger partial charge on any atom is -0.494 e. The Kier molecular flexibility index (Phi) is 5.74. The molecule has 0 spiro atoms. The molecule has 0 unspecified atom stereocenters. The van der Waals surface area contributed by atoms with Gasteiger partial charge in [0.15, 0.2) is 35.5 Å². The molecular weight excluding hydrogens is 452 g/mol. The summed E-state index contributed by atoms with van der Waals surface area (Å²) in [6.45, 7) is 5.91. The summed E-state index contributed by atoms with van der Waals surface area (Å²) in [4.78, 5) is 13.5. The maximum absolute atomic E-state index is 13.5. The zero-order chi connectivity index (χ0) is 23.3. The quantitative estimate of drug-likeness (QED) is 0.633. The van der Waals surface area contributed by atoms with Crippen molar-refractivity contribution in [2.24, 2.45) is 0 Å². The number of hydrogen-bond donors (Lipinski definition) is 1. The molecule has 0 saturated carbocycles. The fourth-order valence-corrected chi connectivity index (χ4v) is 4.62. The summed E-state index contributed by atoms with van der Waals surface area (Å²) in [5.74, 6) is -0.0128. The minimum absolute atomic E-state index is 0.0540. The number of hydrogen-bond acceptors (Lipinski definition) is 8. The van der Waals surface area contributed by atoms with Crippen LogP contribution in [0.5, 0.6) is 17.2 Å². The number of carbonyl (C=O) groups excluding carboxylic acids is 1. The molecule has 2 saturated heterocycles. The van der Waals surface area contributed by atoms with Crippen molar-refractivity contribution in [2.45, 2.75) is 57.6 Å². The van der Waals surface area contributed by atoms with Crippen molar-refractivity contribution in [3.63, 3.8) is 0 Å². The molecule has 9 heteroatoms. The molecule has 2 fully saturated rings. The lowest BCUT2D eigenvalue weighted by molar-refractivity contribution is -0.208. The smallest absolute Gasteiger partial charge is 0.231 e. The number of Topliss-reactive ketones (excluding diaryl/α,β-unsaturated/α-hetero) is 1. The Morgan fingerprint density at radius 1 is 1.18 bits per heavy atom. The maximum atomic E-state index is 13.5. The third-order valence-corrected chi connectivity index (χ3v) is 6.24. The van der Waals surface area contributed by atoms with Crippen LogP contribution in [0.25, 0.3) is 0 Å². The van der Waals surface area contributed by atoms with Gasteiger partial charge in [-0.1, -0.05) is 23.7 Å². The van der Waals surface area contributed by atoms with E-state index in [-0.39, 0.29) is 18.1 Å². The highest BCUT2D eigenvalue weighted by Gasteiger charge is 2.56. The monoisotopic (exact) mass is 476 g/mol. The summed E-state index contributed by atoms with van der Waals surface area (Å²) >= 11 is 6.60. The number of fused-ring (bicyclic) bond motifs is 2. The van der Waals surface area contributed by atoms with Crippen LogP contribution in [-0.2, 0) is 20.6 Å². The lowest BCUT2D eigenvalue weighted by Crippen LogP contribution is -2.38. The van der Waals surface area contributed by atoms with Gasteiger partial charge in [-0.15, -0.1) is 0 Å². The lowest BCUT2D eigenvalue weighted by atomic mass is 9.95. The van der Waals surface area contributed by atoms with Crippen molar-refractivity contribution in [3.05, 3.63) is 52.0 Å². The molecular formula is C24H25ClO8. The van der Waals surface area contributed by atoms with E-state index in [2.05, 4.69) is 0 Å². The Morgan fingerprint density at radius 2 is 1.91 bits per heavy atom. The first-order valence-electron chi connectivity index (χ1n) is 10.8. The van der Waals surface area contributed by atoms with Crippen molar-refractivity contribution < 1.29 is 38.3 Å². The molecule has 33 heavy (non-hydrogen) atoms. The summed E-state index contributed by atoms with van der Waals surface area (Å²) in [6.07, 6.45) is -3.47. The van der Waals surface area contributed by atoms with E-state index in [0.717, 1.165) is 11.3 Å². The third kappa shape index (κ3) is 4.06. The Labute approximate surface area is 196 Å². The van der Waals surface area contributed by atoms with E-state index in [4.69, 9.17) is 40.0 Å². The second-order valence-electron chi connectivity index (χ2n) is 8.60. The molecule has 8 nitrogen and oxygen atoms in total. The van der Waals surface area contributed by atoms with Crippen LogP contribution in [-0.4, -0.2) is 54.7 Å². The van der Waals surface area contributed by atoms with Crippen LogP contribution in [0, 0.1) is 0 Å². The Morgan fingerprint density at radius 3 is 2.61 bits per heavy atom. The molecule has 2 aromatic carbocycles. The predicted molar refractivity (Wildman–Crippen MR) is 117 cm³/mol. The van der Waals surface area contributed by atoms with Crippen LogP contribution in [0.1, 0.15) is 42.3 Å². The summed E-state index contributed by atoms with van der Waals surface area (Å²) < 4.78 is 33.7. The van der Waals surface area contributed by atoms with Gasteiger partial charge in [0.1, 0.15) is 18.0 Å². The van der Waals surface area contributed by atoms with Gasteiger partial charge >= 0.3 is 0 Å². The fourth-order valence-electron chi connectivity index (χ4n) is 4.35. The normalized spacial score (nSPS) is 26.9. The number of benzene rings is 2. The van der Waals surface area contributed by atoms with Crippen molar-refractivity contribution in [1.82, 2.24) is 0 Å². The van der Waals surface area contributed by atoms with Crippen LogP contribution in [0.3, 0.4) is 0 Å². The Bertz CT molecular complexity index is 1070. The van der Waals surface area contributed by atoms with E-state index >= 15 is 0 Å². The summed E-state index contributed by atoms with van der Waals surface area (Å²) in [7, 11) is 0. The van der Waals surface area contributed by atoms with Gasteiger partial charge in [0.25, 0.3) is 0 Å². The van der Waals surface area contributed by atoms with Crippen LogP contribution in [0.4, 0.5) is 0 Å². The van der Waals surface area contributed by atoms with Crippen LogP contribution >= 0.6 is 11.6 Å². The predicted octanol–water partition coefficient (Wildman–Crippen LogP) is 3.48. The molecule has 0 bridgehead atoms. The number of ether oxygens (including phenoxy) is 6. The first-order chi connectivity index (χ1) is 15.8. The molecule has 0 aromatic heterocycles. The van der Waals surface area contributed by atoms with Gasteiger partial charge in [-0.25, -0.2) is 0 Å². The second-order valence-corrected chi connectivity index (χ2v) is 8.97. The summed E-state index contributed by atoms with van der Waals surface area (Å²) in [5, 5.41) is 11.1. The number of carbonyl (C=O) groups is 1. The van der Waals surface area contributed by atoms with Gasteiger partial charge in [0, 0.05) is 0 Å². The molecule has 5 rings (SSSR count). The maximum Gasteiger partial charge on any atom is 0.231 e. The third-order valence-electron chi connectivity index (χ3n) is 5.83. The minimum atomic E-state index is -1.19. The first kappa shape index (κ1) is 22.4.